The van der Waals surface area contributed by atoms with Crippen molar-refractivity contribution in [1.29, 1.82) is 0 Å². The Bertz CT molecular complexity index is 938. The van der Waals surface area contributed by atoms with Crippen molar-refractivity contribution in [2.75, 3.05) is 13.1 Å². The lowest BCUT2D eigenvalue weighted by atomic mass is 9.94. The largest absolute Gasteiger partial charge is 0.444 e. The van der Waals surface area contributed by atoms with E-state index in [0.717, 1.165) is 55.2 Å². The van der Waals surface area contributed by atoms with Crippen molar-refractivity contribution in [2.45, 2.75) is 144 Å². The minimum Gasteiger partial charge on any atom is -0.444 e. The van der Waals surface area contributed by atoms with Crippen LogP contribution < -0.4 is 10.6 Å². The number of aryl methyl sites for hydroxylation is 2. The highest BCUT2D eigenvalue weighted by molar-refractivity contribution is 5.92. The molecule has 0 heterocycles. The van der Waals surface area contributed by atoms with Crippen molar-refractivity contribution in [3.63, 3.8) is 0 Å². The van der Waals surface area contributed by atoms with Gasteiger partial charge in [-0.3, -0.25) is 9.59 Å². The van der Waals surface area contributed by atoms with Gasteiger partial charge in [-0.25, -0.2) is 4.79 Å². The van der Waals surface area contributed by atoms with E-state index >= 15 is 0 Å². The van der Waals surface area contributed by atoms with Gasteiger partial charge in [0.05, 0.1) is 0 Å². The molecule has 0 fully saturated rings. The summed E-state index contributed by atoms with van der Waals surface area (Å²) in [7, 11) is 0. The Morgan fingerprint density at radius 2 is 1.51 bits per heavy atom. The topological polar surface area (TPSA) is 87.7 Å². The van der Waals surface area contributed by atoms with Crippen LogP contribution in [-0.2, 0) is 14.3 Å². The van der Waals surface area contributed by atoms with Gasteiger partial charge in [0.15, 0.2) is 0 Å². The number of carbonyl (C=O) groups excluding carboxylic acids is 3. The monoisotopic (exact) mass is 573 g/mol. The van der Waals surface area contributed by atoms with Crippen LogP contribution in [0.25, 0.3) is 0 Å². The number of hydrogen-bond donors (Lipinski definition) is 2. The lowest BCUT2D eigenvalue weighted by Gasteiger charge is -2.35. The molecule has 1 rings (SSSR count). The molecule has 2 atom stereocenters. The van der Waals surface area contributed by atoms with Gasteiger partial charge in [-0.05, 0) is 70.9 Å². The second-order valence-corrected chi connectivity index (χ2v) is 12.9. The highest BCUT2D eigenvalue weighted by atomic mass is 16.6. The number of unbranched alkanes of at least 4 members (excludes halogenated alkanes) is 7. The number of ether oxygens (including phenoxy) is 1. The number of carbonyl (C=O) groups is 3. The van der Waals surface area contributed by atoms with E-state index in [4.69, 9.17) is 4.74 Å². The van der Waals surface area contributed by atoms with E-state index in [2.05, 4.69) is 24.5 Å². The molecule has 2 unspecified atom stereocenters. The summed E-state index contributed by atoms with van der Waals surface area (Å²) in [6.07, 6.45) is 9.22. The van der Waals surface area contributed by atoms with E-state index in [1.54, 1.807) is 25.7 Å². The van der Waals surface area contributed by atoms with Crippen LogP contribution in [0.2, 0.25) is 0 Å². The average molecular weight is 574 g/mol. The summed E-state index contributed by atoms with van der Waals surface area (Å²) in [5.41, 5.74) is 2.14. The quantitative estimate of drug-likeness (QED) is 0.176. The van der Waals surface area contributed by atoms with E-state index in [0.29, 0.717) is 19.5 Å². The smallest absolute Gasteiger partial charge is 0.408 e. The number of nitrogens with one attached hydrogen (secondary N) is 2. The Balaban J connectivity index is 3.49. The number of amides is 3. The van der Waals surface area contributed by atoms with Crippen molar-refractivity contribution in [2.24, 2.45) is 5.92 Å². The van der Waals surface area contributed by atoms with Crippen molar-refractivity contribution >= 4 is 17.9 Å². The third-order valence-electron chi connectivity index (χ3n) is 7.10. The molecular weight excluding hydrogens is 514 g/mol. The fraction of sp³-hybridized carbons (Fsp3) is 0.735. The summed E-state index contributed by atoms with van der Waals surface area (Å²) in [5.74, 6) is -0.265. The molecule has 2 N–H and O–H groups in total. The molecule has 0 aliphatic rings. The van der Waals surface area contributed by atoms with Gasteiger partial charge in [-0.2, -0.15) is 0 Å². The van der Waals surface area contributed by atoms with Crippen LogP contribution in [0.1, 0.15) is 135 Å². The lowest BCUT2D eigenvalue weighted by Crippen LogP contribution is -2.53. The Morgan fingerprint density at radius 1 is 0.902 bits per heavy atom. The molecule has 0 bridgehead atoms. The maximum Gasteiger partial charge on any atom is 0.408 e. The zero-order chi connectivity index (χ0) is 31.0. The van der Waals surface area contributed by atoms with E-state index in [1.807, 2.05) is 45.9 Å². The summed E-state index contributed by atoms with van der Waals surface area (Å²) in [4.78, 5) is 42.9. The molecule has 0 radical (unpaired) electrons. The third-order valence-corrected chi connectivity index (χ3v) is 7.10. The standard InChI is InChI=1S/C34H59N3O4/c1-10-12-14-15-16-18-22-37(32(39)29(23-25(3)4)36-33(40)41-34(7,8)9)30(31(38)35-21-17-13-11-2)28-24-26(5)19-20-27(28)6/h19-20,24-25,29-30H,10-18,21-23H2,1-9H3,(H,35,38)(H,36,40). The van der Waals surface area contributed by atoms with Crippen molar-refractivity contribution < 1.29 is 19.1 Å². The van der Waals surface area contributed by atoms with Crippen LogP contribution in [-0.4, -0.2) is 47.5 Å². The van der Waals surface area contributed by atoms with E-state index in [9.17, 15) is 14.4 Å². The summed E-state index contributed by atoms with van der Waals surface area (Å²) < 4.78 is 5.52. The molecule has 234 valence electrons. The summed E-state index contributed by atoms with van der Waals surface area (Å²) in [6.45, 7) is 18.8. The first-order chi connectivity index (χ1) is 19.3. The fourth-order valence-corrected chi connectivity index (χ4v) is 4.96. The van der Waals surface area contributed by atoms with Gasteiger partial charge in [-0.15, -0.1) is 0 Å². The second-order valence-electron chi connectivity index (χ2n) is 12.9. The van der Waals surface area contributed by atoms with Crippen LogP contribution in [0.15, 0.2) is 18.2 Å². The maximum atomic E-state index is 14.4. The van der Waals surface area contributed by atoms with Crippen molar-refractivity contribution in [1.82, 2.24) is 15.5 Å². The van der Waals surface area contributed by atoms with Gasteiger partial charge in [0.1, 0.15) is 17.7 Å². The van der Waals surface area contributed by atoms with Crippen LogP contribution in [0.5, 0.6) is 0 Å². The summed E-state index contributed by atoms with van der Waals surface area (Å²) in [5, 5.41) is 5.97. The highest BCUT2D eigenvalue weighted by Gasteiger charge is 2.37. The summed E-state index contributed by atoms with van der Waals surface area (Å²) in [6, 6.07) is 4.48. The molecular formula is C34H59N3O4. The van der Waals surface area contributed by atoms with E-state index < -0.39 is 23.8 Å². The first-order valence-corrected chi connectivity index (χ1v) is 16.0. The molecule has 3 amide bonds. The predicted molar refractivity (Wildman–Crippen MR) is 169 cm³/mol. The summed E-state index contributed by atoms with van der Waals surface area (Å²) >= 11 is 0. The van der Waals surface area contributed by atoms with Crippen LogP contribution in [0.4, 0.5) is 4.79 Å². The maximum absolute atomic E-state index is 14.4. The molecule has 0 saturated carbocycles. The van der Waals surface area contributed by atoms with Crippen LogP contribution in [0.3, 0.4) is 0 Å². The normalized spacial score (nSPS) is 13.0. The number of benzene rings is 1. The Kier molecular flexibility index (Phi) is 16.7. The fourth-order valence-electron chi connectivity index (χ4n) is 4.96. The molecule has 7 nitrogen and oxygen atoms in total. The molecule has 0 aliphatic heterocycles. The number of rotatable bonds is 18. The minimum atomic E-state index is -0.801. The molecule has 0 aliphatic carbocycles. The first kappa shape index (κ1) is 36.5. The predicted octanol–water partition coefficient (Wildman–Crippen LogP) is 7.78. The van der Waals surface area contributed by atoms with E-state index in [1.165, 1.54) is 19.3 Å². The van der Waals surface area contributed by atoms with Gasteiger partial charge in [0.2, 0.25) is 11.8 Å². The molecule has 0 aromatic heterocycles. The minimum absolute atomic E-state index is 0.150. The number of alkyl carbamates (subject to hydrolysis) is 1. The third kappa shape index (κ3) is 14.2. The molecule has 7 heteroatoms. The molecule has 41 heavy (non-hydrogen) atoms. The molecule has 1 aromatic rings. The van der Waals surface area contributed by atoms with Gasteiger partial charge in [-0.1, -0.05) is 96.4 Å². The molecule has 0 spiro atoms. The van der Waals surface area contributed by atoms with Gasteiger partial charge < -0.3 is 20.3 Å². The van der Waals surface area contributed by atoms with Gasteiger partial charge in [0, 0.05) is 13.1 Å². The number of nitrogens with zero attached hydrogens (tertiary/aromatic N) is 1. The average Bonchev–Trinajstić information content (AvgIpc) is 2.87. The van der Waals surface area contributed by atoms with Crippen molar-refractivity contribution in [3.05, 3.63) is 34.9 Å². The van der Waals surface area contributed by atoms with Gasteiger partial charge in [0.25, 0.3) is 0 Å². The SMILES string of the molecule is CCCCCCCCN(C(=O)C(CC(C)C)NC(=O)OC(C)(C)C)C(C(=O)NCCCCC)c1cc(C)ccc1C. The highest BCUT2D eigenvalue weighted by Crippen LogP contribution is 2.28. The first-order valence-electron chi connectivity index (χ1n) is 16.0. The Hall–Kier alpha value is -2.57. The molecule has 0 saturated heterocycles. The van der Waals surface area contributed by atoms with Crippen molar-refractivity contribution in [3.8, 4) is 0 Å². The number of hydrogen-bond acceptors (Lipinski definition) is 4. The Morgan fingerprint density at radius 3 is 2.12 bits per heavy atom. The van der Waals surface area contributed by atoms with Crippen LogP contribution >= 0.6 is 0 Å². The van der Waals surface area contributed by atoms with Crippen LogP contribution in [0, 0.1) is 19.8 Å². The second kappa shape index (κ2) is 18.8. The molecule has 1 aromatic carbocycles. The van der Waals surface area contributed by atoms with Gasteiger partial charge >= 0.3 is 6.09 Å². The zero-order valence-corrected chi connectivity index (χ0v) is 27.5. The zero-order valence-electron chi connectivity index (χ0n) is 27.5. The Labute approximate surface area is 250 Å². The lowest BCUT2D eigenvalue weighted by molar-refractivity contribution is -0.143. The van der Waals surface area contributed by atoms with E-state index in [-0.39, 0.29) is 17.7 Å².